The summed E-state index contributed by atoms with van der Waals surface area (Å²) in [5, 5.41) is 4.38. The first kappa shape index (κ1) is 12.3. The summed E-state index contributed by atoms with van der Waals surface area (Å²) in [6.45, 7) is 2.28. The van der Waals surface area contributed by atoms with E-state index in [9.17, 15) is 0 Å². The summed E-state index contributed by atoms with van der Waals surface area (Å²) in [7, 11) is 0. The van der Waals surface area contributed by atoms with Gasteiger partial charge in [-0.2, -0.15) is 0 Å². The van der Waals surface area contributed by atoms with Crippen LogP contribution in [0.5, 0.6) is 0 Å². The third-order valence-electron chi connectivity index (χ3n) is 3.46. The zero-order chi connectivity index (χ0) is 11.5. The van der Waals surface area contributed by atoms with Crippen LogP contribution in [-0.2, 0) is 0 Å². The van der Waals surface area contributed by atoms with Crippen molar-refractivity contribution >= 4 is 33.2 Å². The molecule has 3 heteroatoms. The topological polar surface area (TPSA) is 12.0 Å². The van der Waals surface area contributed by atoms with E-state index in [2.05, 4.69) is 34.2 Å². The molecule has 1 fully saturated rings. The maximum Gasteiger partial charge on any atom is 0.0568 e. The molecule has 1 saturated carbocycles. The summed E-state index contributed by atoms with van der Waals surface area (Å²) in [5.41, 5.74) is 1.14. The van der Waals surface area contributed by atoms with Crippen molar-refractivity contribution in [1.82, 2.24) is 0 Å². The van der Waals surface area contributed by atoms with Gasteiger partial charge in [-0.3, -0.25) is 0 Å². The molecule has 1 aliphatic rings. The molecule has 0 amide bonds. The molecule has 0 radical (unpaired) electrons. The Labute approximate surface area is 111 Å². The number of anilines is 1. The van der Waals surface area contributed by atoms with Crippen molar-refractivity contribution in [2.75, 3.05) is 5.32 Å². The smallest absolute Gasteiger partial charge is 0.0568 e. The Hall–Kier alpha value is -0.210. The van der Waals surface area contributed by atoms with E-state index >= 15 is 0 Å². The highest BCUT2D eigenvalue weighted by atomic mass is 79.9. The third kappa shape index (κ3) is 2.72. The Morgan fingerprint density at radius 2 is 2.25 bits per heavy atom. The van der Waals surface area contributed by atoms with Crippen molar-refractivity contribution in [1.29, 1.82) is 0 Å². The third-order valence-corrected chi connectivity index (χ3v) is 4.69. The van der Waals surface area contributed by atoms with Gasteiger partial charge in [-0.05, 0) is 52.9 Å². The van der Waals surface area contributed by atoms with Crippen LogP contribution >= 0.6 is 27.5 Å². The summed E-state index contributed by atoms with van der Waals surface area (Å²) in [5.74, 6) is 0.822. The lowest BCUT2D eigenvalue weighted by atomic mass is 10.0. The number of hydrogen-bond acceptors (Lipinski definition) is 1. The van der Waals surface area contributed by atoms with E-state index in [0.717, 1.165) is 21.1 Å². The predicted molar refractivity (Wildman–Crippen MR) is 74.2 cm³/mol. The highest BCUT2D eigenvalue weighted by molar-refractivity contribution is 9.10. The molecule has 0 aromatic heterocycles. The minimum absolute atomic E-state index is 0.627. The van der Waals surface area contributed by atoms with Gasteiger partial charge in [0.05, 0.1) is 5.02 Å². The van der Waals surface area contributed by atoms with E-state index in [4.69, 9.17) is 11.6 Å². The molecule has 2 unspecified atom stereocenters. The van der Waals surface area contributed by atoms with Gasteiger partial charge in [-0.25, -0.2) is 0 Å². The zero-order valence-electron chi connectivity index (χ0n) is 9.47. The molecule has 1 aromatic rings. The van der Waals surface area contributed by atoms with Gasteiger partial charge < -0.3 is 5.32 Å². The van der Waals surface area contributed by atoms with Gasteiger partial charge in [0.15, 0.2) is 0 Å². The lowest BCUT2D eigenvalue weighted by Crippen LogP contribution is -2.23. The molecule has 88 valence electrons. The minimum atomic E-state index is 0.627. The maximum atomic E-state index is 6.08. The number of benzene rings is 1. The first-order valence-corrected chi connectivity index (χ1v) is 7.09. The average Bonchev–Trinajstić information content (AvgIpc) is 2.71. The molecule has 0 saturated heterocycles. The van der Waals surface area contributed by atoms with Gasteiger partial charge in [0.2, 0.25) is 0 Å². The van der Waals surface area contributed by atoms with Crippen molar-refractivity contribution in [3.63, 3.8) is 0 Å². The van der Waals surface area contributed by atoms with Gasteiger partial charge in [-0.15, -0.1) is 0 Å². The van der Waals surface area contributed by atoms with Crippen LogP contribution in [-0.4, -0.2) is 6.04 Å². The Balaban J connectivity index is 2.05. The molecule has 0 heterocycles. The zero-order valence-corrected chi connectivity index (χ0v) is 11.8. The average molecular weight is 303 g/mol. The summed E-state index contributed by atoms with van der Waals surface area (Å²) >= 11 is 9.49. The highest BCUT2D eigenvalue weighted by Gasteiger charge is 2.25. The molecule has 1 N–H and O–H groups in total. The van der Waals surface area contributed by atoms with Crippen molar-refractivity contribution < 1.29 is 0 Å². The molecule has 0 spiro atoms. The monoisotopic (exact) mass is 301 g/mol. The standard InChI is InChI=1S/C13H17BrClN/c1-2-9-4-3-5-13(9)16-10-6-7-11(14)12(15)8-10/h6-9,13,16H,2-5H2,1H3. The fourth-order valence-corrected chi connectivity index (χ4v) is 2.94. The highest BCUT2D eigenvalue weighted by Crippen LogP contribution is 2.32. The van der Waals surface area contributed by atoms with Gasteiger partial charge in [0.1, 0.15) is 0 Å². The van der Waals surface area contributed by atoms with Gasteiger partial charge in [0.25, 0.3) is 0 Å². The molecule has 16 heavy (non-hydrogen) atoms. The Kier molecular flexibility index (Phi) is 4.15. The van der Waals surface area contributed by atoms with Crippen LogP contribution in [0.1, 0.15) is 32.6 Å². The van der Waals surface area contributed by atoms with Gasteiger partial charge in [-0.1, -0.05) is 31.4 Å². The molecule has 1 aliphatic carbocycles. The Morgan fingerprint density at radius 3 is 2.94 bits per heavy atom. The number of rotatable bonds is 3. The molecule has 1 aromatic carbocycles. The van der Waals surface area contributed by atoms with Crippen LogP contribution in [0, 0.1) is 5.92 Å². The predicted octanol–water partition coefficient (Wildman–Crippen LogP) is 5.09. The first-order valence-electron chi connectivity index (χ1n) is 5.92. The summed E-state index contributed by atoms with van der Waals surface area (Å²) in [4.78, 5) is 0. The Morgan fingerprint density at radius 1 is 1.44 bits per heavy atom. The molecule has 0 aliphatic heterocycles. The maximum absolute atomic E-state index is 6.08. The van der Waals surface area contributed by atoms with Crippen LogP contribution in [0.25, 0.3) is 0 Å². The molecule has 2 rings (SSSR count). The Bertz CT molecular complexity index is 367. The van der Waals surface area contributed by atoms with E-state index in [1.54, 1.807) is 0 Å². The second-order valence-electron chi connectivity index (χ2n) is 4.48. The summed E-state index contributed by atoms with van der Waals surface area (Å²) < 4.78 is 0.957. The van der Waals surface area contributed by atoms with Crippen LogP contribution < -0.4 is 5.32 Å². The first-order chi connectivity index (χ1) is 7.70. The summed E-state index contributed by atoms with van der Waals surface area (Å²) in [6.07, 6.45) is 5.26. The van der Waals surface area contributed by atoms with E-state index in [1.807, 2.05) is 12.1 Å². The fraction of sp³-hybridized carbons (Fsp3) is 0.538. The van der Waals surface area contributed by atoms with Crippen LogP contribution in [0.3, 0.4) is 0 Å². The van der Waals surface area contributed by atoms with E-state index in [1.165, 1.54) is 25.7 Å². The quantitative estimate of drug-likeness (QED) is 0.819. The van der Waals surface area contributed by atoms with Crippen LogP contribution in [0.2, 0.25) is 5.02 Å². The van der Waals surface area contributed by atoms with Crippen molar-refractivity contribution in [2.45, 2.75) is 38.6 Å². The second kappa shape index (κ2) is 5.42. The molecular formula is C13H17BrClN. The van der Waals surface area contributed by atoms with Gasteiger partial charge in [0, 0.05) is 16.2 Å². The van der Waals surface area contributed by atoms with E-state index in [-0.39, 0.29) is 0 Å². The summed E-state index contributed by atoms with van der Waals surface area (Å²) in [6, 6.07) is 6.71. The number of halogens is 2. The second-order valence-corrected chi connectivity index (χ2v) is 5.74. The fourth-order valence-electron chi connectivity index (χ4n) is 2.52. The molecule has 0 bridgehead atoms. The minimum Gasteiger partial charge on any atom is -0.382 e. The molecular weight excluding hydrogens is 286 g/mol. The van der Waals surface area contributed by atoms with Gasteiger partial charge >= 0.3 is 0 Å². The van der Waals surface area contributed by atoms with Crippen molar-refractivity contribution in [3.05, 3.63) is 27.7 Å². The van der Waals surface area contributed by atoms with Crippen LogP contribution in [0.4, 0.5) is 5.69 Å². The van der Waals surface area contributed by atoms with Crippen LogP contribution in [0.15, 0.2) is 22.7 Å². The lowest BCUT2D eigenvalue weighted by Gasteiger charge is -2.21. The van der Waals surface area contributed by atoms with E-state index in [0.29, 0.717) is 6.04 Å². The normalized spacial score (nSPS) is 24.7. The molecule has 1 nitrogen and oxygen atoms in total. The SMILES string of the molecule is CCC1CCCC1Nc1ccc(Br)c(Cl)c1. The number of nitrogens with one attached hydrogen (secondary N) is 1. The molecule has 2 atom stereocenters. The lowest BCUT2D eigenvalue weighted by molar-refractivity contribution is 0.489. The van der Waals surface area contributed by atoms with Crippen molar-refractivity contribution in [2.24, 2.45) is 5.92 Å². The van der Waals surface area contributed by atoms with E-state index < -0.39 is 0 Å². The van der Waals surface area contributed by atoms with Crippen molar-refractivity contribution in [3.8, 4) is 0 Å². The largest absolute Gasteiger partial charge is 0.382 e. The number of hydrogen-bond donors (Lipinski definition) is 1.